The average Bonchev–Trinajstić information content (AvgIpc) is 2.70. The maximum atomic E-state index is 12.5. The highest BCUT2D eigenvalue weighted by Gasteiger charge is 2.38. The van der Waals surface area contributed by atoms with Gasteiger partial charge in [-0.1, -0.05) is 0 Å². The molecule has 2 heterocycles. The van der Waals surface area contributed by atoms with Gasteiger partial charge in [0.2, 0.25) is 12.3 Å². The topological polar surface area (TPSA) is 40.6 Å². The number of piperidine rings is 1. The minimum Gasteiger partial charge on any atom is -0.338 e. The van der Waals surface area contributed by atoms with E-state index < -0.39 is 0 Å². The Hall–Kier alpha value is -1.06. The summed E-state index contributed by atoms with van der Waals surface area (Å²) in [5.41, 5.74) is 0. The molecule has 0 saturated carbocycles. The second-order valence-electron chi connectivity index (χ2n) is 5.37. The summed E-state index contributed by atoms with van der Waals surface area (Å²) in [7, 11) is 0. The van der Waals surface area contributed by atoms with Gasteiger partial charge >= 0.3 is 0 Å². The number of rotatable bonds is 2. The normalized spacial score (nSPS) is 33.9. The van der Waals surface area contributed by atoms with Gasteiger partial charge in [0.25, 0.3) is 0 Å². The van der Waals surface area contributed by atoms with Crippen LogP contribution in [0.5, 0.6) is 0 Å². The van der Waals surface area contributed by atoms with E-state index in [2.05, 4.69) is 6.92 Å². The summed E-state index contributed by atoms with van der Waals surface area (Å²) >= 11 is 0. The molecule has 3 unspecified atom stereocenters. The molecule has 4 heteroatoms. The quantitative estimate of drug-likeness (QED) is 0.682. The van der Waals surface area contributed by atoms with E-state index in [0.717, 1.165) is 38.6 Å². The first kappa shape index (κ1) is 12.4. The molecule has 3 atom stereocenters. The highest BCUT2D eigenvalue weighted by atomic mass is 16.2. The number of carbonyl (C=O) groups is 2. The summed E-state index contributed by atoms with van der Waals surface area (Å²) < 4.78 is 0. The Bertz CT molecular complexity index is 306. The molecule has 96 valence electrons. The van der Waals surface area contributed by atoms with Gasteiger partial charge in [0.15, 0.2) is 0 Å². The third kappa shape index (κ3) is 2.31. The lowest BCUT2D eigenvalue weighted by molar-refractivity contribution is -0.142. The Morgan fingerprint density at radius 3 is 2.53 bits per heavy atom. The van der Waals surface area contributed by atoms with Crippen molar-refractivity contribution in [1.29, 1.82) is 0 Å². The van der Waals surface area contributed by atoms with Gasteiger partial charge < -0.3 is 9.80 Å². The molecule has 2 amide bonds. The van der Waals surface area contributed by atoms with E-state index in [0.29, 0.717) is 6.04 Å². The molecule has 2 saturated heterocycles. The lowest BCUT2D eigenvalue weighted by Gasteiger charge is -2.37. The van der Waals surface area contributed by atoms with Crippen LogP contribution in [0.2, 0.25) is 0 Å². The zero-order chi connectivity index (χ0) is 12.4. The summed E-state index contributed by atoms with van der Waals surface area (Å²) in [4.78, 5) is 27.2. The monoisotopic (exact) mass is 238 g/mol. The van der Waals surface area contributed by atoms with Crippen LogP contribution in [0.4, 0.5) is 0 Å². The zero-order valence-electron chi connectivity index (χ0n) is 10.8. The first-order valence-corrected chi connectivity index (χ1v) is 6.68. The first-order valence-electron chi connectivity index (χ1n) is 6.68. The number of likely N-dealkylation sites (tertiary alicyclic amines) is 2. The fourth-order valence-electron chi connectivity index (χ4n) is 3.05. The van der Waals surface area contributed by atoms with Crippen molar-refractivity contribution in [2.45, 2.75) is 64.1 Å². The van der Waals surface area contributed by atoms with Crippen LogP contribution < -0.4 is 0 Å². The molecule has 2 rings (SSSR count). The molecule has 2 aliphatic rings. The molecule has 2 aliphatic heterocycles. The summed E-state index contributed by atoms with van der Waals surface area (Å²) in [6, 6.07) is 0.338. The fraction of sp³-hybridized carbons (Fsp3) is 0.846. The van der Waals surface area contributed by atoms with Gasteiger partial charge in [-0.3, -0.25) is 9.59 Å². The lowest BCUT2D eigenvalue weighted by atomic mass is 10.0. The molecule has 0 aliphatic carbocycles. The van der Waals surface area contributed by atoms with Crippen LogP contribution in [0.15, 0.2) is 0 Å². The van der Waals surface area contributed by atoms with Crippen molar-refractivity contribution < 1.29 is 9.59 Å². The van der Waals surface area contributed by atoms with E-state index in [4.69, 9.17) is 0 Å². The minimum atomic E-state index is -0.206. The number of nitrogens with zero attached hydrogens (tertiary/aromatic N) is 2. The molecule has 17 heavy (non-hydrogen) atoms. The molecule has 0 radical (unpaired) electrons. The van der Waals surface area contributed by atoms with Crippen molar-refractivity contribution in [2.75, 3.05) is 6.54 Å². The largest absolute Gasteiger partial charge is 0.338 e. The van der Waals surface area contributed by atoms with E-state index in [9.17, 15) is 9.59 Å². The minimum absolute atomic E-state index is 0.161. The Morgan fingerprint density at radius 2 is 1.88 bits per heavy atom. The maximum Gasteiger partial charge on any atom is 0.245 e. The number of carbonyl (C=O) groups excluding carboxylic acids is 2. The zero-order valence-corrected chi connectivity index (χ0v) is 10.8. The van der Waals surface area contributed by atoms with Crippen LogP contribution >= 0.6 is 0 Å². The van der Waals surface area contributed by atoms with Crippen LogP contribution in [-0.4, -0.2) is 46.8 Å². The highest BCUT2D eigenvalue weighted by Crippen LogP contribution is 2.26. The van der Waals surface area contributed by atoms with E-state index in [1.165, 1.54) is 6.42 Å². The third-order valence-corrected chi connectivity index (χ3v) is 4.22. The van der Waals surface area contributed by atoms with Gasteiger partial charge in [0.1, 0.15) is 6.04 Å². The van der Waals surface area contributed by atoms with Crippen molar-refractivity contribution in [1.82, 2.24) is 9.80 Å². The third-order valence-electron chi connectivity index (χ3n) is 4.22. The molecule has 0 bridgehead atoms. The number of hydrogen-bond donors (Lipinski definition) is 0. The molecule has 2 fully saturated rings. The maximum absolute atomic E-state index is 12.5. The Labute approximate surface area is 103 Å². The second kappa shape index (κ2) is 5.07. The van der Waals surface area contributed by atoms with E-state index in [1.54, 1.807) is 4.90 Å². The summed E-state index contributed by atoms with van der Waals surface area (Å²) in [5, 5.41) is 0. The van der Waals surface area contributed by atoms with Crippen LogP contribution in [0.1, 0.15) is 46.0 Å². The number of amides is 2. The summed E-state index contributed by atoms with van der Waals surface area (Å²) in [6.07, 6.45) is 6.01. The van der Waals surface area contributed by atoms with E-state index >= 15 is 0 Å². The van der Waals surface area contributed by atoms with Crippen molar-refractivity contribution in [3.05, 3.63) is 0 Å². The fourth-order valence-corrected chi connectivity index (χ4v) is 3.05. The van der Waals surface area contributed by atoms with E-state index in [-0.39, 0.29) is 18.0 Å². The standard InChI is InChI=1S/C13H22N2O2/c1-10-5-3-4-8-14(10)13(17)12-7-6-11(2)15(12)9-16/h9-12H,3-8H2,1-2H3. The van der Waals surface area contributed by atoms with Gasteiger partial charge in [-0.25, -0.2) is 0 Å². The molecular formula is C13H22N2O2. The Morgan fingerprint density at radius 1 is 1.12 bits per heavy atom. The van der Waals surface area contributed by atoms with Crippen molar-refractivity contribution >= 4 is 12.3 Å². The Kier molecular flexibility index (Phi) is 3.69. The van der Waals surface area contributed by atoms with Crippen LogP contribution in [-0.2, 0) is 9.59 Å². The van der Waals surface area contributed by atoms with Crippen molar-refractivity contribution in [2.24, 2.45) is 0 Å². The van der Waals surface area contributed by atoms with Crippen LogP contribution in [0.25, 0.3) is 0 Å². The lowest BCUT2D eigenvalue weighted by Crippen LogP contribution is -2.51. The second-order valence-corrected chi connectivity index (χ2v) is 5.37. The van der Waals surface area contributed by atoms with Crippen molar-refractivity contribution in [3.8, 4) is 0 Å². The van der Waals surface area contributed by atoms with Gasteiger partial charge in [0.05, 0.1) is 0 Å². The summed E-state index contributed by atoms with van der Waals surface area (Å²) in [5.74, 6) is 0.161. The van der Waals surface area contributed by atoms with E-state index in [1.807, 2.05) is 11.8 Å². The molecule has 0 N–H and O–H groups in total. The molecule has 0 aromatic carbocycles. The molecular weight excluding hydrogens is 216 g/mol. The van der Waals surface area contributed by atoms with Crippen molar-refractivity contribution in [3.63, 3.8) is 0 Å². The van der Waals surface area contributed by atoms with Gasteiger partial charge in [-0.2, -0.15) is 0 Å². The molecule has 0 spiro atoms. The first-order chi connectivity index (χ1) is 8.15. The SMILES string of the molecule is CC1CCCCN1C(=O)C1CCC(C)N1C=O. The van der Waals surface area contributed by atoms with Crippen LogP contribution in [0.3, 0.4) is 0 Å². The number of hydrogen-bond acceptors (Lipinski definition) is 2. The van der Waals surface area contributed by atoms with Gasteiger partial charge in [-0.05, 0) is 46.0 Å². The molecule has 0 aromatic rings. The predicted molar refractivity (Wildman–Crippen MR) is 65.4 cm³/mol. The molecule has 4 nitrogen and oxygen atoms in total. The summed E-state index contributed by atoms with van der Waals surface area (Å²) in [6.45, 7) is 4.99. The molecule has 0 aromatic heterocycles. The highest BCUT2D eigenvalue weighted by molar-refractivity contribution is 5.84. The Balaban J connectivity index is 2.06. The smallest absolute Gasteiger partial charge is 0.245 e. The predicted octanol–water partition coefficient (Wildman–Crippen LogP) is 1.40. The van der Waals surface area contributed by atoms with Gasteiger partial charge in [-0.15, -0.1) is 0 Å². The van der Waals surface area contributed by atoms with Crippen LogP contribution in [0, 0.1) is 0 Å². The van der Waals surface area contributed by atoms with Gasteiger partial charge in [0, 0.05) is 18.6 Å². The average molecular weight is 238 g/mol.